The van der Waals surface area contributed by atoms with Gasteiger partial charge in [0.2, 0.25) is 0 Å². The van der Waals surface area contributed by atoms with Crippen LogP contribution < -0.4 is 21.6 Å². The van der Waals surface area contributed by atoms with Crippen LogP contribution in [0.5, 0.6) is 5.75 Å². The molecule has 6 heteroatoms. The van der Waals surface area contributed by atoms with E-state index in [2.05, 4.69) is 0 Å². The van der Waals surface area contributed by atoms with E-state index in [1.54, 1.807) is 25.1 Å². The SMILES string of the molecule is Cc1c(-c2ccccc2)oc2ccc(OC(=O)c3cc(N)cc(N)c3)cc2c1=O. The van der Waals surface area contributed by atoms with Crippen LogP contribution in [0.2, 0.25) is 0 Å². The second-order valence-corrected chi connectivity index (χ2v) is 6.69. The third-order valence-corrected chi connectivity index (χ3v) is 4.55. The molecule has 4 aromatic rings. The maximum absolute atomic E-state index is 12.9. The van der Waals surface area contributed by atoms with E-state index in [0.29, 0.717) is 33.7 Å². The molecule has 3 aromatic carbocycles. The fraction of sp³-hybridized carbons (Fsp3) is 0.0435. The van der Waals surface area contributed by atoms with Crippen molar-refractivity contribution in [2.24, 2.45) is 0 Å². The summed E-state index contributed by atoms with van der Waals surface area (Å²) in [4.78, 5) is 25.3. The minimum Gasteiger partial charge on any atom is -0.456 e. The van der Waals surface area contributed by atoms with E-state index in [0.717, 1.165) is 5.56 Å². The van der Waals surface area contributed by atoms with Crippen LogP contribution in [0, 0.1) is 6.92 Å². The van der Waals surface area contributed by atoms with E-state index in [4.69, 9.17) is 20.6 Å². The molecule has 0 unspecified atom stereocenters. The van der Waals surface area contributed by atoms with Gasteiger partial charge in [-0.25, -0.2) is 4.79 Å². The van der Waals surface area contributed by atoms with E-state index >= 15 is 0 Å². The number of esters is 1. The molecular weight excluding hydrogens is 368 g/mol. The number of anilines is 2. The minimum absolute atomic E-state index is 0.184. The number of nitrogens with two attached hydrogens (primary N) is 2. The van der Waals surface area contributed by atoms with E-state index < -0.39 is 5.97 Å². The van der Waals surface area contributed by atoms with Gasteiger partial charge in [-0.3, -0.25) is 4.79 Å². The molecule has 0 saturated heterocycles. The van der Waals surface area contributed by atoms with Gasteiger partial charge in [0.15, 0.2) is 5.43 Å². The summed E-state index contributed by atoms with van der Waals surface area (Å²) < 4.78 is 11.4. The molecule has 4 N–H and O–H groups in total. The van der Waals surface area contributed by atoms with Crippen LogP contribution >= 0.6 is 0 Å². The largest absolute Gasteiger partial charge is 0.456 e. The van der Waals surface area contributed by atoms with Crippen molar-refractivity contribution < 1.29 is 13.9 Å². The highest BCUT2D eigenvalue weighted by Gasteiger charge is 2.15. The van der Waals surface area contributed by atoms with Gasteiger partial charge in [-0.2, -0.15) is 0 Å². The number of nitrogen functional groups attached to an aromatic ring is 2. The highest BCUT2D eigenvalue weighted by molar-refractivity contribution is 5.93. The Hall–Kier alpha value is -4.06. The van der Waals surface area contributed by atoms with Crippen LogP contribution in [0.3, 0.4) is 0 Å². The number of hydrogen-bond donors (Lipinski definition) is 2. The van der Waals surface area contributed by atoms with Gasteiger partial charge in [0, 0.05) is 22.5 Å². The van der Waals surface area contributed by atoms with Crippen molar-refractivity contribution in [1.29, 1.82) is 0 Å². The highest BCUT2D eigenvalue weighted by Crippen LogP contribution is 2.27. The molecule has 0 amide bonds. The van der Waals surface area contributed by atoms with Gasteiger partial charge in [-0.1, -0.05) is 30.3 Å². The molecule has 29 heavy (non-hydrogen) atoms. The Morgan fingerprint density at radius 3 is 2.31 bits per heavy atom. The first-order chi connectivity index (χ1) is 13.9. The van der Waals surface area contributed by atoms with Crippen molar-refractivity contribution in [2.75, 3.05) is 11.5 Å². The van der Waals surface area contributed by atoms with Gasteiger partial charge in [0.25, 0.3) is 0 Å². The summed E-state index contributed by atoms with van der Waals surface area (Å²) >= 11 is 0. The van der Waals surface area contributed by atoms with Crippen molar-refractivity contribution in [3.8, 4) is 17.1 Å². The number of benzene rings is 3. The number of carbonyl (C=O) groups is 1. The van der Waals surface area contributed by atoms with Crippen LogP contribution in [0.1, 0.15) is 15.9 Å². The minimum atomic E-state index is -0.620. The molecule has 0 aliphatic rings. The number of ether oxygens (including phenoxy) is 1. The monoisotopic (exact) mass is 386 g/mol. The summed E-state index contributed by atoms with van der Waals surface area (Å²) in [5, 5.41) is 0.333. The molecule has 1 aromatic heterocycles. The van der Waals surface area contributed by atoms with E-state index in [-0.39, 0.29) is 16.7 Å². The topological polar surface area (TPSA) is 109 Å². The van der Waals surface area contributed by atoms with Gasteiger partial charge >= 0.3 is 5.97 Å². The van der Waals surface area contributed by atoms with Gasteiger partial charge in [-0.05, 0) is 43.3 Å². The van der Waals surface area contributed by atoms with Gasteiger partial charge in [0.1, 0.15) is 17.1 Å². The fourth-order valence-corrected chi connectivity index (χ4v) is 3.16. The Bertz CT molecular complexity index is 1270. The van der Waals surface area contributed by atoms with Gasteiger partial charge in [0.05, 0.1) is 10.9 Å². The second-order valence-electron chi connectivity index (χ2n) is 6.69. The molecule has 0 fully saturated rings. The first-order valence-corrected chi connectivity index (χ1v) is 8.93. The average Bonchev–Trinajstić information content (AvgIpc) is 2.71. The molecule has 1 heterocycles. The number of carbonyl (C=O) groups excluding carboxylic acids is 1. The van der Waals surface area contributed by atoms with Gasteiger partial charge in [-0.15, -0.1) is 0 Å². The predicted octanol–water partition coefficient (Wildman–Crippen LogP) is 4.15. The Kier molecular flexibility index (Phi) is 4.52. The van der Waals surface area contributed by atoms with E-state index in [1.165, 1.54) is 18.2 Å². The third-order valence-electron chi connectivity index (χ3n) is 4.55. The zero-order valence-corrected chi connectivity index (χ0v) is 15.6. The maximum atomic E-state index is 12.9. The normalized spacial score (nSPS) is 10.8. The molecule has 0 spiro atoms. The molecule has 4 rings (SSSR count). The Labute approximate surface area is 166 Å². The first kappa shape index (κ1) is 18.3. The van der Waals surface area contributed by atoms with Crippen LogP contribution in [-0.4, -0.2) is 5.97 Å². The van der Waals surface area contributed by atoms with Crippen molar-refractivity contribution >= 4 is 28.3 Å². The van der Waals surface area contributed by atoms with Crippen LogP contribution in [0.15, 0.2) is 75.9 Å². The fourth-order valence-electron chi connectivity index (χ4n) is 3.16. The van der Waals surface area contributed by atoms with Crippen molar-refractivity contribution in [2.45, 2.75) is 6.92 Å². The summed E-state index contributed by atoms with van der Waals surface area (Å²) in [6, 6.07) is 18.6. The summed E-state index contributed by atoms with van der Waals surface area (Å²) in [5.74, 6) is 0.121. The van der Waals surface area contributed by atoms with Crippen LogP contribution in [-0.2, 0) is 0 Å². The summed E-state index contributed by atoms with van der Waals surface area (Å²) in [6.07, 6.45) is 0. The lowest BCUT2D eigenvalue weighted by Crippen LogP contribution is -2.11. The average molecular weight is 386 g/mol. The molecule has 0 aliphatic heterocycles. The van der Waals surface area contributed by atoms with Crippen molar-refractivity contribution in [3.63, 3.8) is 0 Å². The van der Waals surface area contributed by atoms with E-state index in [1.807, 2.05) is 30.3 Å². The third kappa shape index (κ3) is 3.55. The number of hydrogen-bond acceptors (Lipinski definition) is 6. The van der Waals surface area contributed by atoms with Crippen LogP contribution in [0.4, 0.5) is 11.4 Å². The molecule has 0 radical (unpaired) electrons. The summed E-state index contributed by atoms with van der Waals surface area (Å²) in [6.45, 7) is 1.71. The molecule has 0 saturated carbocycles. The zero-order valence-electron chi connectivity index (χ0n) is 15.6. The Morgan fingerprint density at radius 1 is 0.931 bits per heavy atom. The summed E-state index contributed by atoms with van der Waals surface area (Å²) in [7, 11) is 0. The first-order valence-electron chi connectivity index (χ1n) is 8.93. The van der Waals surface area contributed by atoms with Crippen molar-refractivity contribution in [1.82, 2.24) is 0 Å². The van der Waals surface area contributed by atoms with Gasteiger partial charge < -0.3 is 20.6 Å². The predicted molar refractivity (Wildman–Crippen MR) is 113 cm³/mol. The molecule has 144 valence electrons. The lowest BCUT2D eigenvalue weighted by molar-refractivity contribution is 0.0735. The lowest BCUT2D eigenvalue weighted by Gasteiger charge is -2.09. The second kappa shape index (κ2) is 7.16. The quantitative estimate of drug-likeness (QED) is 0.311. The molecule has 0 aliphatic carbocycles. The summed E-state index contributed by atoms with van der Waals surface area (Å²) in [5.41, 5.74) is 13.9. The standard InChI is InChI=1S/C23H18N2O4/c1-13-21(26)19-12-18(28-23(27)15-9-16(24)11-17(25)10-15)7-8-20(19)29-22(13)14-5-3-2-4-6-14/h2-12H,24-25H2,1H3. The van der Waals surface area contributed by atoms with Crippen molar-refractivity contribution in [3.05, 3.63) is 88.1 Å². The number of rotatable bonds is 3. The smallest absolute Gasteiger partial charge is 0.343 e. The maximum Gasteiger partial charge on any atom is 0.343 e. The van der Waals surface area contributed by atoms with Crippen LogP contribution in [0.25, 0.3) is 22.3 Å². The Morgan fingerprint density at radius 2 is 1.62 bits per heavy atom. The zero-order chi connectivity index (χ0) is 20.5. The Balaban J connectivity index is 1.72. The lowest BCUT2D eigenvalue weighted by atomic mass is 10.1. The van der Waals surface area contributed by atoms with E-state index in [9.17, 15) is 9.59 Å². The molecule has 6 nitrogen and oxygen atoms in total. The number of fused-ring (bicyclic) bond motifs is 1. The highest BCUT2D eigenvalue weighted by atomic mass is 16.5. The molecule has 0 atom stereocenters. The molecular formula is C23H18N2O4. The molecule has 0 bridgehead atoms.